The van der Waals surface area contributed by atoms with Crippen LogP contribution in [0.1, 0.15) is 53.9 Å². The molecule has 0 aliphatic carbocycles. The molecule has 0 aromatic heterocycles. The number of hydrogen-bond acceptors (Lipinski definition) is 3. The van der Waals surface area contributed by atoms with Gasteiger partial charge in [0.1, 0.15) is 0 Å². The number of carboxylic acids is 1. The highest BCUT2D eigenvalue weighted by Gasteiger charge is 2.51. The third-order valence-corrected chi connectivity index (χ3v) is 11.6. The van der Waals surface area contributed by atoms with Crippen LogP contribution in [0.5, 0.6) is 0 Å². The standard InChI is InChI=1S/C26H36O4Si/c1-19(18-21-16-17-24(29-21)20(2)25(27)28)30-31(26(3,4)5,22-12-8-6-9-13-22)23-14-10-7-11-15-23/h6-15,19-21,24H,16-18H2,1-5H3,(H,27,28)/t19-,20+,21+,24-/m0/s1. The van der Waals surface area contributed by atoms with Crippen molar-refractivity contribution in [3.05, 3.63) is 60.7 Å². The molecule has 2 aromatic carbocycles. The van der Waals surface area contributed by atoms with Gasteiger partial charge in [0, 0.05) is 6.10 Å². The van der Waals surface area contributed by atoms with E-state index < -0.39 is 20.2 Å². The minimum absolute atomic E-state index is 0.00446. The molecule has 168 valence electrons. The molecule has 0 saturated carbocycles. The maximum absolute atomic E-state index is 11.3. The van der Waals surface area contributed by atoms with E-state index >= 15 is 0 Å². The summed E-state index contributed by atoms with van der Waals surface area (Å²) in [6, 6.07) is 21.3. The largest absolute Gasteiger partial charge is 0.481 e. The summed E-state index contributed by atoms with van der Waals surface area (Å²) in [5, 5.41) is 11.8. The molecule has 1 aliphatic heterocycles. The zero-order valence-corrected chi connectivity index (χ0v) is 20.4. The molecule has 1 aliphatic rings. The van der Waals surface area contributed by atoms with Gasteiger partial charge in [0.15, 0.2) is 0 Å². The summed E-state index contributed by atoms with van der Waals surface area (Å²) in [7, 11) is -2.59. The van der Waals surface area contributed by atoms with Crippen LogP contribution in [0, 0.1) is 5.92 Å². The van der Waals surface area contributed by atoms with Crippen molar-refractivity contribution < 1.29 is 19.1 Å². The lowest BCUT2D eigenvalue weighted by molar-refractivity contribution is -0.146. The molecule has 4 nitrogen and oxygen atoms in total. The molecule has 0 unspecified atom stereocenters. The van der Waals surface area contributed by atoms with Crippen LogP contribution in [0.15, 0.2) is 60.7 Å². The second kappa shape index (κ2) is 9.68. The minimum atomic E-state index is -2.59. The maximum atomic E-state index is 11.3. The summed E-state index contributed by atoms with van der Waals surface area (Å²) >= 11 is 0. The number of carboxylic acid groups (broad SMARTS) is 1. The molecular formula is C26H36O4Si. The molecule has 0 bridgehead atoms. The van der Waals surface area contributed by atoms with Crippen LogP contribution in [0.4, 0.5) is 0 Å². The van der Waals surface area contributed by atoms with Gasteiger partial charge in [0.2, 0.25) is 0 Å². The monoisotopic (exact) mass is 440 g/mol. The Morgan fingerprint density at radius 3 is 2.00 bits per heavy atom. The predicted molar refractivity (Wildman–Crippen MR) is 127 cm³/mol. The molecule has 1 saturated heterocycles. The number of benzene rings is 2. The fourth-order valence-electron chi connectivity index (χ4n) is 4.85. The van der Waals surface area contributed by atoms with Crippen molar-refractivity contribution in [3.63, 3.8) is 0 Å². The lowest BCUT2D eigenvalue weighted by Gasteiger charge is -2.45. The summed E-state index contributed by atoms with van der Waals surface area (Å²) < 4.78 is 13.2. The highest BCUT2D eigenvalue weighted by molar-refractivity contribution is 6.99. The summed E-state index contributed by atoms with van der Waals surface area (Å²) in [5.41, 5.74) is 0. The number of carbonyl (C=O) groups is 1. The molecule has 0 radical (unpaired) electrons. The lowest BCUT2D eigenvalue weighted by atomic mass is 10.0. The Morgan fingerprint density at radius 2 is 1.55 bits per heavy atom. The molecule has 1 heterocycles. The number of rotatable bonds is 8. The van der Waals surface area contributed by atoms with Gasteiger partial charge in [-0.15, -0.1) is 0 Å². The predicted octanol–water partition coefficient (Wildman–Crippen LogP) is 4.61. The third-order valence-electron chi connectivity index (χ3n) is 6.48. The van der Waals surface area contributed by atoms with Crippen LogP contribution in [-0.2, 0) is 14.0 Å². The van der Waals surface area contributed by atoms with Crippen molar-refractivity contribution in [1.82, 2.24) is 0 Å². The first-order valence-electron chi connectivity index (χ1n) is 11.3. The van der Waals surface area contributed by atoms with Crippen LogP contribution in [0.2, 0.25) is 5.04 Å². The smallest absolute Gasteiger partial charge is 0.308 e. The molecule has 0 amide bonds. The SMILES string of the molecule is C[C@@H](C[C@H]1CC[C@@H]([C@@H](C)C(=O)O)O1)O[Si](c1ccccc1)(c1ccccc1)C(C)(C)C. The van der Waals surface area contributed by atoms with Crippen LogP contribution in [0.3, 0.4) is 0 Å². The lowest BCUT2D eigenvalue weighted by Crippen LogP contribution is -2.67. The molecule has 0 spiro atoms. The third kappa shape index (κ3) is 5.11. The van der Waals surface area contributed by atoms with Gasteiger partial charge in [0.25, 0.3) is 8.32 Å². The zero-order valence-electron chi connectivity index (χ0n) is 19.4. The first-order chi connectivity index (χ1) is 14.6. The minimum Gasteiger partial charge on any atom is -0.481 e. The van der Waals surface area contributed by atoms with E-state index in [4.69, 9.17) is 9.16 Å². The van der Waals surface area contributed by atoms with Crippen LogP contribution < -0.4 is 10.4 Å². The molecule has 4 atom stereocenters. The molecule has 1 N–H and O–H groups in total. The first-order valence-corrected chi connectivity index (χ1v) is 13.2. The first kappa shape index (κ1) is 23.7. The molecule has 5 heteroatoms. The molecule has 3 rings (SSSR count). The van der Waals surface area contributed by atoms with E-state index in [1.54, 1.807) is 6.92 Å². The van der Waals surface area contributed by atoms with Gasteiger partial charge in [-0.3, -0.25) is 4.79 Å². The van der Waals surface area contributed by atoms with Gasteiger partial charge in [0.05, 0.1) is 18.1 Å². The summed E-state index contributed by atoms with van der Waals surface area (Å²) in [4.78, 5) is 11.3. The zero-order chi connectivity index (χ0) is 22.6. The van der Waals surface area contributed by atoms with Crippen LogP contribution >= 0.6 is 0 Å². The summed E-state index contributed by atoms with van der Waals surface area (Å²) in [6.45, 7) is 10.7. The van der Waals surface area contributed by atoms with Crippen LogP contribution in [0.25, 0.3) is 0 Å². The quantitative estimate of drug-likeness (QED) is 0.609. The molecule has 31 heavy (non-hydrogen) atoms. The molecule has 2 aromatic rings. The van der Waals surface area contributed by atoms with E-state index in [0.717, 1.165) is 19.3 Å². The van der Waals surface area contributed by atoms with E-state index in [0.29, 0.717) is 0 Å². The fourth-order valence-corrected chi connectivity index (χ4v) is 9.56. The van der Waals surface area contributed by atoms with Crippen molar-refractivity contribution in [2.45, 2.75) is 77.2 Å². The number of ether oxygens (including phenoxy) is 1. The Balaban J connectivity index is 1.87. The normalized spacial score (nSPS) is 21.6. The van der Waals surface area contributed by atoms with Crippen molar-refractivity contribution in [1.29, 1.82) is 0 Å². The fraction of sp³-hybridized carbons (Fsp3) is 0.500. The maximum Gasteiger partial charge on any atom is 0.308 e. The highest BCUT2D eigenvalue weighted by atomic mass is 28.4. The van der Waals surface area contributed by atoms with Gasteiger partial charge in [-0.2, -0.15) is 0 Å². The Hall–Kier alpha value is -1.95. The second-order valence-electron chi connectivity index (χ2n) is 9.83. The van der Waals surface area contributed by atoms with Crippen molar-refractivity contribution >= 4 is 24.7 Å². The van der Waals surface area contributed by atoms with Crippen LogP contribution in [-0.4, -0.2) is 37.7 Å². The highest BCUT2D eigenvalue weighted by Crippen LogP contribution is 2.38. The number of hydrogen-bond donors (Lipinski definition) is 1. The molecule has 1 fully saturated rings. The van der Waals surface area contributed by atoms with E-state index in [2.05, 4.69) is 88.4 Å². The Labute approximate surface area is 187 Å². The van der Waals surface area contributed by atoms with Gasteiger partial charge in [-0.25, -0.2) is 0 Å². The Kier molecular flexibility index (Phi) is 7.40. The average molecular weight is 441 g/mol. The van der Waals surface area contributed by atoms with Gasteiger partial charge in [-0.1, -0.05) is 81.4 Å². The summed E-state index contributed by atoms with van der Waals surface area (Å²) in [5.74, 6) is -1.26. The van der Waals surface area contributed by atoms with Gasteiger partial charge < -0.3 is 14.3 Å². The topological polar surface area (TPSA) is 55.8 Å². The number of aliphatic carboxylic acids is 1. The van der Waals surface area contributed by atoms with Crippen molar-refractivity contribution in [2.75, 3.05) is 0 Å². The van der Waals surface area contributed by atoms with E-state index in [-0.39, 0.29) is 23.4 Å². The van der Waals surface area contributed by atoms with E-state index in [9.17, 15) is 9.90 Å². The van der Waals surface area contributed by atoms with Gasteiger partial charge >= 0.3 is 5.97 Å². The Bertz CT molecular complexity index is 807. The van der Waals surface area contributed by atoms with Gasteiger partial charge in [-0.05, 0) is 48.5 Å². The molecular weight excluding hydrogens is 404 g/mol. The average Bonchev–Trinajstić information content (AvgIpc) is 3.20. The van der Waals surface area contributed by atoms with E-state index in [1.165, 1.54) is 10.4 Å². The van der Waals surface area contributed by atoms with E-state index in [1.807, 2.05) is 0 Å². The van der Waals surface area contributed by atoms with Crippen molar-refractivity contribution in [3.8, 4) is 0 Å². The summed E-state index contributed by atoms with van der Waals surface area (Å²) in [6.07, 6.45) is 2.28. The Morgan fingerprint density at radius 1 is 1.03 bits per heavy atom. The van der Waals surface area contributed by atoms with Crippen molar-refractivity contribution in [2.24, 2.45) is 5.92 Å². The second-order valence-corrected chi connectivity index (χ2v) is 14.1.